The van der Waals surface area contributed by atoms with Crippen LogP contribution >= 0.6 is 0 Å². The Hall–Kier alpha value is -2.64. The molecule has 2 amide bonds. The fraction of sp³-hybridized carbons (Fsp3) is 0.619. The number of amides is 2. The monoisotopic (exact) mass is 403 g/mol. The van der Waals surface area contributed by atoms with E-state index in [9.17, 15) is 24.3 Å². The minimum absolute atomic E-state index is 0.0476. The Bertz CT molecular complexity index is 830. The highest BCUT2D eigenvalue weighted by atomic mass is 16.4. The Balaban J connectivity index is 1.87. The van der Waals surface area contributed by atoms with Gasteiger partial charge in [-0.25, -0.2) is 0 Å². The molecule has 0 bridgehead atoms. The lowest BCUT2D eigenvalue weighted by atomic mass is 9.79. The molecular weight excluding hydrogens is 374 g/mol. The van der Waals surface area contributed by atoms with E-state index in [4.69, 9.17) is 0 Å². The molecule has 8 nitrogen and oxygen atoms in total. The molecule has 1 unspecified atom stereocenters. The van der Waals surface area contributed by atoms with Gasteiger partial charge in [0.25, 0.3) is 0 Å². The molecule has 0 fully saturated rings. The molecule has 29 heavy (non-hydrogen) atoms. The molecular formula is C21H29N3O5. The number of Topliss-reactive ketones (excluding diaryl/α,β-unsaturated/α-hetero) is 1. The Kier molecular flexibility index (Phi) is 6.10. The maximum Gasteiger partial charge on any atom is 0.308 e. The van der Waals surface area contributed by atoms with Crippen molar-refractivity contribution >= 4 is 23.6 Å². The molecule has 8 heteroatoms. The number of aryl methyl sites for hydroxylation is 1. The van der Waals surface area contributed by atoms with Crippen LogP contribution in [-0.2, 0) is 32.1 Å². The van der Waals surface area contributed by atoms with Crippen molar-refractivity contribution in [2.75, 3.05) is 0 Å². The van der Waals surface area contributed by atoms with E-state index in [2.05, 4.69) is 10.6 Å². The maximum atomic E-state index is 13.0. The zero-order chi connectivity index (χ0) is 21.3. The van der Waals surface area contributed by atoms with E-state index in [0.29, 0.717) is 12.8 Å². The summed E-state index contributed by atoms with van der Waals surface area (Å²) in [5, 5.41) is 15.2. The highest BCUT2D eigenvalue weighted by Gasteiger charge is 2.42. The summed E-state index contributed by atoms with van der Waals surface area (Å²) in [6, 6.07) is 0.860. The average Bonchev–Trinajstić information content (AvgIpc) is 2.99. The van der Waals surface area contributed by atoms with Crippen LogP contribution in [-0.4, -0.2) is 45.3 Å². The predicted octanol–water partition coefficient (Wildman–Crippen LogP) is 1.23. The van der Waals surface area contributed by atoms with Gasteiger partial charge in [-0.05, 0) is 30.4 Å². The van der Waals surface area contributed by atoms with Crippen LogP contribution in [0.3, 0.4) is 0 Å². The lowest BCUT2D eigenvalue weighted by Gasteiger charge is -2.34. The largest absolute Gasteiger partial charge is 0.481 e. The third kappa shape index (κ3) is 4.21. The second-order valence-corrected chi connectivity index (χ2v) is 8.28. The average molecular weight is 403 g/mol. The van der Waals surface area contributed by atoms with E-state index >= 15 is 0 Å². The molecule has 1 aromatic heterocycles. The number of rotatable bonds is 6. The van der Waals surface area contributed by atoms with E-state index in [1.54, 1.807) is 0 Å². The van der Waals surface area contributed by atoms with Crippen LogP contribution in [0.1, 0.15) is 57.2 Å². The summed E-state index contributed by atoms with van der Waals surface area (Å²) in [5.41, 5.74) is 1.87. The number of aromatic nitrogens is 1. The SMILES string of the molecule is CC[C@H](C)[C@H](NC(C)=O)C(=O)N[C@H]1CCc2ccn3c2C1C(=O)C[C@H](C(=O)O)C3. The molecule has 158 valence electrons. The number of nitrogens with zero attached hydrogens (tertiary/aromatic N) is 1. The van der Waals surface area contributed by atoms with Gasteiger partial charge < -0.3 is 20.3 Å². The van der Waals surface area contributed by atoms with Crippen LogP contribution in [0, 0.1) is 11.8 Å². The normalized spacial score (nSPS) is 25.3. The van der Waals surface area contributed by atoms with Gasteiger partial charge in [-0.1, -0.05) is 20.3 Å². The second kappa shape index (κ2) is 8.39. The quantitative estimate of drug-likeness (QED) is 0.660. The second-order valence-electron chi connectivity index (χ2n) is 8.28. The molecule has 0 radical (unpaired) electrons. The Morgan fingerprint density at radius 1 is 1.34 bits per heavy atom. The molecule has 1 aliphatic heterocycles. The summed E-state index contributed by atoms with van der Waals surface area (Å²) in [4.78, 5) is 49.2. The highest BCUT2D eigenvalue weighted by Crippen LogP contribution is 2.38. The number of aliphatic carboxylic acids is 1. The van der Waals surface area contributed by atoms with Gasteiger partial charge >= 0.3 is 5.97 Å². The van der Waals surface area contributed by atoms with Gasteiger partial charge in [-0.15, -0.1) is 0 Å². The molecule has 0 saturated heterocycles. The standard InChI is InChI=1S/C21H29N3O5/c1-4-11(2)18(22-12(3)25)20(27)23-15-6-5-13-7-8-24-10-14(21(28)29)9-16(26)17(15)19(13)24/h7-8,11,14-15,17-18H,4-6,9-10H2,1-3H3,(H,22,25)(H,23,27)(H,28,29)/t11-,14-,15-,17?,18-/m0/s1. The lowest BCUT2D eigenvalue weighted by molar-refractivity contribution is -0.144. The van der Waals surface area contributed by atoms with Gasteiger partial charge in [0.15, 0.2) is 0 Å². The van der Waals surface area contributed by atoms with Crippen molar-refractivity contribution in [3.05, 3.63) is 23.5 Å². The van der Waals surface area contributed by atoms with Crippen LogP contribution in [0.2, 0.25) is 0 Å². The number of ketones is 1. The Morgan fingerprint density at radius 3 is 2.69 bits per heavy atom. The maximum absolute atomic E-state index is 13.0. The molecule has 5 atom stereocenters. The zero-order valence-corrected chi connectivity index (χ0v) is 17.1. The highest BCUT2D eigenvalue weighted by molar-refractivity contribution is 5.92. The summed E-state index contributed by atoms with van der Waals surface area (Å²) in [6.45, 7) is 5.49. The van der Waals surface area contributed by atoms with E-state index < -0.39 is 29.9 Å². The fourth-order valence-corrected chi connectivity index (χ4v) is 4.51. The molecule has 3 rings (SSSR count). The van der Waals surface area contributed by atoms with Gasteiger partial charge in [0.2, 0.25) is 11.8 Å². The number of carboxylic acids is 1. The molecule has 0 aromatic carbocycles. The molecule has 2 heterocycles. The Morgan fingerprint density at radius 2 is 2.07 bits per heavy atom. The topological polar surface area (TPSA) is 118 Å². The summed E-state index contributed by atoms with van der Waals surface area (Å²) < 4.78 is 1.86. The van der Waals surface area contributed by atoms with E-state index in [0.717, 1.165) is 17.7 Å². The predicted molar refractivity (Wildman–Crippen MR) is 105 cm³/mol. The minimum Gasteiger partial charge on any atom is -0.481 e. The first-order valence-corrected chi connectivity index (χ1v) is 10.2. The smallest absolute Gasteiger partial charge is 0.308 e. The molecule has 1 aromatic rings. The third-order valence-corrected chi connectivity index (χ3v) is 6.26. The number of hydrogen-bond acceptors (Lipinski definition) is 4. The summed E-state index contributed by atoms with van der Waals surface area (Å²) in [5.74, 6) is -3.09. The first-order chi connectivity index (χ1) is 13.7. The minimum atomic E-state index is -0.984. The lowest BCUT2D eigenvalue weighted by Crippen LogP contribution is -2.54. The zero-order valence-electron chi connectivity index (χ0n) is 17.1. The van der Waals surface area contributed by atoms with Crippen molar-refractivity contribution in [2.24, 2.45) is 11.8 Å². The number of nitrogens with one attached hydrogen (secondary N) is 2. The van der Waals surface area contributed by atoms with Crippen LogP contribution in [0.5, 0.6) is 0 Å². The number of carbonyl (C=O) groups excluding carboxylic acids is 3. The van der Waals surface area contributed by atoms with Crippen LogP contribution in [0.25, 0.3) is 0 Å². The molecule has 0 spiro atoms. The molecule has 3 N–H and O–H groups in total. The van der Waals surface area contributed by atoms with Gasteiger partial charge in [0, 0.05) is 37.8 Å². The van der Waals surface area contributed by atoms with Crippen molar-refractivity contribution in [1.82, 2.24) is 15.2 Å². The molecule has 1 aliphatic carbocycles. The third-order valence-electron chi connectivity index (χ3n) is 6.26. The van der Waals surface area contributed by atoms with Gasteiger partial charge in [-0.2, -0.15) is 0 Å². The van der Waals surface area contributed by atoms with E-state index in [1.165, 1.54) is 6.92 Å². The number of carboxylic acid groups (broad SMARTS) is 1. The summed E-state index contributed by atoms with van der Waals surface area (Å²) in [7, 11) is 0. The summed E-state index contributed by atoms with van der Waals surface area (Å²) in [6.07, 6.45) is 3.83. The van der Waals surface area contributed by atoms with Gasteiger partial charge in [0.1, 0.15) is 11.8 Å². The first-order valence-electron chi connectivity index (χ1n) is 10.2. The van der Waals surface area contributed by atoms with Gasteiger partial charge in [0.05, 0.1) is 11.8 Å². The van der Waals surface area contributed by atoms with Crippen molar-refractivity contribution in [3.63, 3.8) is 0 Å². The Labute approximate surface area is 170 Å². The number of carbonyl (C=O) groups is 4. The van der Waals surface area contributed by atoms with E-state index in [1.807, 2.05) is 30.7 Å². The van der Waals surface area contributed by atoms with Crippen molar-refractivity contribution in [1.29, 1.82) is 0 Å². The summed E-state index contributed by atoms with van der Waals surface area (Å²) >= 11 is 0. The van der Waals surface area contributed by atoms with Crippen molar-refractivity contribution < 1.29 is 24.3 Å². The van der Waals surface area contributed by atoms with Crippen molar-refractivity contribution in [3.8, 4) is 0 Å². The van der Waals surface area contributed by atoms with Crippen molar-refractivity contribution in [2.45, 2.75) is 71.0 Å². The number of hydrogen-bond donors (Lipinski definition) is 3. The fourth-order valence-electron chi connectivity index (χ4n) is 4.51. The molecule has 0 saturated carbocycles. The van der Waals surface area contributed by atoms with Crippen LogP contribution in [0.15, 0.2) is 12.3 Å². The first kappa shape index (κ1) is 21.1. The van der Waals surface area contributed by atoms with Crippen LogP contribution in [0.4, 0.5) is 0 Å². The van der Waals surface area contributed by atoms with E-state index in [-0.39, 0.29) is 36.5 Å². The van der Waals surface area contributed by atoms with Gasteiger partial charge in [-0.3, -0.25) is 19.2 Å². The van der Waals surface area contributed by atoms with Crippen LogP contribution < -0.4 is 10.6 Å². The molecule has 2 aliphatic rings.